The van der Waals surface area contributed by atoms with E-state index in [1.54, 1.807) is 41.5 Å². The van der Waals surface area contributed by atoms with Gasteiger partial charge in [0.15, 0.2) is 9.93 Å². The molecule has 0 aliphatic rings. The van der Waals surface area contributed by atoms with Crippen LogP contribution in [0.3, 0.4) is 0 Å². The van der Waals surface area contributed by atoms with Crippen molar-refractivity contribution in [1.29, 1.82) is 0 Å². The number of unbranched alkanes of at least 4 members (excludes halogenated alkanes) is 18. The predicted molar refractivity (Wildman–Crippen MR) is 392 cm³/mol. The summed E-state index contributed by atoms with van der Waals surface area (Å²) in [6.45, 7) is 6.74. The second kappa shape index (κ2) is 67.6. The lowest BCUT2D eigenvalue weighted by Gasteiger charge is -1.97. The number of thioether (sulfide) groups is 3. The van der Waals surface area contributed by atoms with E-state index in [4.69, 9.17) is 0 Å². The summed E-state index contributed by atoms with van der Waals surface area (Å²) in [6.07, 6.45) is 80.9. The van der Waals surface area contributed by atoms with E-state index >= 15 is 0 Å². The van der Waals surface area contributed by atoms with Crippen LogP contribution in [-0.4, -0.2) is 120 Å². The van der Waals surface area contributed by atoms with Gasteiger partial charge in [-0.2, -0.15) is 25.8 Å². The molecule has 0 aromatic carbocycles. The molecule has 0 fully saturated rings. The summed E-state index contributed by atoms with van der Waals surface area (Å²) in [7, 11) is 0. The smallest absolute Gasteiger partial charge is 0.284 e. The molecule has 0 saturated heterocycles. The topological polar surface area (TPSA) is 324 Å². The van der Waals surface area contributed by atoms with Crippen LogP contribution in [-0.2, 0) is 0 Å². The van der Waals surface area contributed by atoms with Gasteiger partial charge < -0.3 is 0 Å². The quantitative estimate of drug-likeness (QED) is 0.00732. The summed E-state index contributed by atoms with van der Waals surface area (Å²) in [4.78, 5) is 25.9. The van der Waals surface area contributed by atoms with Gasteiger partial charge in [0.1, 0.15) is 9.67 Å². The van der Waals surface area contributed by atoms with Crippen LogP contribution in [0, 0.1) is 14.2 Å². The van der Waals surface area contributed by atoms with Gasteiger partial charge in [0, 0.05) is 11.5 Å². The number of rotatable bonds is 45. The zero-order valence-electron chi connectivity index (χ0n) is 54.7. The fourth-order valence-corrected chi connectivity index (χ4v) is 10.1. The lowest BCUT2D eigenvalue weighted by molar-refractivity contribution is 0.728. The van der Waals surface area contributed by atoms with Crippen molar-refractivity contribution in [2.24, 2.45) is 0 Å². The molecule has 510 valence electrons. The van der Waals surface area contributed by atoms with Gasteiger partial charge in [0.2, 0.25) is 9.93 Å². The second-order valence-corrected chi connectivity index (χ2v) is 24.9. The van der Waals surface area contributed by atoms with Gasteiger partial charge in [-0.3, -0.25) is 25.3 Å². The fourth-order valence-electron chi connectivity index (χ4n) is 7.46. The highest BCUT2D eigenvalue weighted by molar-refractivity contribution is 7.99. The number of aromatic nitrogens is 20. The Balaban J connectivity index is 0.000000598. The molecule has 6 aromatic rings. The van der Waals surface area contributed by atoms with E-state index in [9.17, 15) is 9.59 Å². The lowest BCUT2D eigenvalue weighted by Crippen LogP contribution is -2.00. The maximum absolute atomic E-state index is 10.9. The van der Waals surface area contributed by atoms with Crippen molar-refractivity contribution in [3.8, 4) is 0 Å². The SMILES string of the molecule is CCCCC/C=C\C/C=C\C/C=C\CCCCCSc1cn[nH]n1.CCCCC/C=C\C/C=C\C/C=C\CCCCCSc1n[nH]c(=O)[nH]1.CCCCC/C=C\C/C=C\C/C=C\CCCCCSc1nn[nH]n1.O=c1[nH][nH]c(=S)[nH]1.S=c1cn[nH][nH]1.S=c1nn[nH][nH]1. The van der Waals surface area contributed by atoms with Crippen LogP contribution < -0.4 is 11.4 Å². The normalized spacial score (nSPS) is 11.5. The molecule has 0 unspecified atom stereocenters. The number of tetrazole rings is 2. The number of hydrogen-bond donors (Lipinski definition) is 11. The van der Waals surface area contributed by atoms with Gasteiger partial charge in [-0.25, -0.2) is 25.0 Å². The van der Waals surface area contributed by atoms with Crippen molar-refractivity contribution >= 4 is 71.9 Å². The Morgan fingerprint density at radius 2 is 0.870 bits per heavy atom. The van der Waals surface area contributed by atoms with Crippen LogP contribution in [0.5, 0.6) is 0 Å². The first-order valence-electron chi connectivity index (χ1n) is 32.6. The molecule has 92 heavy (non-hydrogen) atoms. The number of H-pyrrole nitrogens is 11. The van der Waals surface area contributed by atoms with Crippen molar-refractivity contribution in [3.05, 3.63) is 157 Å². The molecule has 6 rings (SSSR count). The summed E-state index contributed by atoms with van der Waals surface area (Å²) in [6, 6.07) is 0. The molecule has 22 nitrogen and oxygen atoms in total. The van der Waals surface area contributed by atoms with Crippen molar-refractivity contribution in [2.75, 3.05) is 17.3 Å². The van der Waals surface area contributed by atoms with E-state index in [1.165, 1.54) is 147 Å². The molecule has 0 radical (unpaired) electrons. The van der Waals surface area contributed by atoms with Crippen LogP contribution >= 0.6 is 71.9 Å². The molecule has 6 heterocycles. The molecular formula is C64H106N20O2S6. The van der Waals surface area contributed by atoms with Crippen LogP contribution in [0.1, 0.15) is 213 Å². The van der Waals surface area contributed by atoms with E-state index in [0.717, 1.165) is 78.8 Å². The number of nitrogens with one attached hydrogen (secondary N) is 11. The highest BCUT2D eigenvalue weighted by Crippen LogP contribution is 2.17. The zero-order chi connectivity index (χ0) is 66.4. The maximum atomic E-state index is 10.9. The third-order valence-electron chi connectivity index (χ3n) is 12.3. The molecule has 0 saturated carbocycles. The second-order valence-electron chi connectivity index (χ2n) is 20.4. The zero-order valence-corrected chi connectivity index (χ0v) is 59.6. The number of hydrogen-bond acceptors (Lipinski definition) is 17. The minimum absolute atomic E-state index is 0.232. The number of nitrogens with zero attached hydrogens (tertiary/aromatic N) is 9. The molecule has 0 spiro atoms. The molecule has 0 aliphatic heterocycles. The average molecular weight is 1380 g/mol. The molecule has 0 aliphatic carbocycles. The van der Waals surface area contributed by atoms with Gasteiger partial charge in [-0.05, 0) is 170 Å². The van der Waals surface area contributed by atoms with Crippen LogP contribution in [0.25, 0.3) is 0 Å². The molecule has 11 N–H and O–H groups in total. The first kappa shape index (κ1) is 83.7. The third kappa shape index (κ3) is 61.2. The van der Waals surface area contributed by atoms with Gasteiger partial charge in [0.05, 0.1) is 12.4 Å². The lowest BCUT2D eigenvalue weighted by atomic mass is 10.2. The fraction of sp³-hybridized carbons (Fsp3) is 0.562. The molecule has 0 atom stereocenters. The maximum Gasteiger partial charge on any atom is 0.341 e. The summed E-state index contributed by atoms with van der Waals surface area (Å²) in [5.41, 5.74) is -0.533. The predicted octanol–water partition coefficient (Wildman–Crippen LogP) is 18.2. The minimum atomic E-state index is -0.301. The van der Waals surface area contributed by atoms with Gasteiger partial charge >= 0.3 is 11.4 Å². The summed E-state index contributed by atoms with van der Waals surface area (Å²) in [5, 5.41) is 57.7. The average Bonchev–Trinajstić information content (AvgIpc) is 4.62. The monoisotopic (exact) mass is 1380 g/mol. The Morgan fingerprint density at radius 1 is 0.402 bits per heavy atom. The first-order chi connectivity index (χ1) is 45.3. The van der Waals surface area contributed by atoms with E-state index in [0.29, 0.717) is 19.3 Å². The van der Waals surface area contributed by atoms with E-state index in [2.05, 4.69) is 269 Å². The minimum Gasteiger partial charge on any atom is -0.284 e. The number of aromatic amines is 11. The Labute approximate surface area is 573 Å². The summed E-state index contributed by atoms with van der Waals surface area (Å²) >= 11 is 18.6. The van der Waals surface area contributed by atoms with Crippen molar-refractivity contribution in [2.45, 2.75) is 229 Å². The molecule has 6 aromatic heterocycles. The van der Waals surface area contributed by atoms with E-state index < -0.39 is 0 Å². The highest BCUT2D eigenvalue weighted by atomic mass is 32.2. The van der Waals surface area contributed by atoms with E-state index in [-0.39, 0.29) is 11.4 Å². The Bertz CT molecular complexity index is 2880. The first-order valence-corrected chi connectivity index (χ1v) is 36.8. The molecule has 0 bridgehead atoms. The van der Waals surface area contributed by atoms with E-state index in [1.807, 2.05) is 0 Å². The van der Waals surface area contributed by atoms with Gasteiger partial charge in [0.25, 0.3) is 0 Å². The Kier molecular flexibility index (Phi) is 61.4. The largest absolute Gasteiger partial charge is 0.341 e. The highest BCUT2D eigenvalue weighted by Gasteiger charge is 2.00. The summed E-state index contributed by atoms with van der Waals surface area (Å²) < 4.78 is 1.34. The Morgan fingerprint density at radius 3 is 1.17 bits per heavy atom. The van der Waals surface area contributed by atoms with Crippen LogP contribution in [0.2, 0.25) is 0 Å². The van der Waals surface area contributed by atoms with Crippen molar-refractivity contribution in [3.63, 3.8) is 0 Å². The van der Waals surface area contributed by atoms with Crippen molar-refractivity contribution < 1.29 is 0 Å². The van der Waals surface area contributed by atoms with Crippen LogP contribution in [0.15, 0.2) is 147 Å². The van der Waals surface area contributed by atoms with Crippen molar-refractivity contribution in [1.82, 2.24) is 102 Å². The summed E-state index contributed by atoms with van der Waals surface area (Å²) in [5.74, 6) is 3.20. The van der Waals surface area contributed by atoms with Gasteiger partial charge in [-0.1, -0.05) is 234 Å². The number of allylic oxidation sites excluding steroid dienone is 18. The third-order valence-corrected chi connectivity index (χ3v) is 15.8. The molecule has 0 amide bonds. The molecular weight excluding hydrogens is 1270 g/mol. The van der Waals surface area contributed by atoms with Crippen LogP contribution in [0.4, 0.5) is 0 Å². The van der Waals surface area contributed by atoms with Gasteiger partial charge in [-0.15, -0.1) is 32.2 Å². The molecule has 28 heteroatoms. The Hall–Kier alpha value is -6.33. The standard InChI is InChI=1S/C20H33N3OS.C20H33N3S.C19H32N4S.C2H3N3OS.C2H3N3S.CH2N4S/c1-2-3-4-5-6-7-8-9-10-11-12-13-14-15-16-17-18-25-20-21-19(24)22-23-20;1-2-3-4-5-6-7-8-9-10-11-12-13-14-15-16-17-18-24-20-19-21-23-22-20;1-2-3-4-5-6-7-8-9-10-11-12-13-14-15-16-17-18-24-19-20-22-23-21-19;6-1-3-2(7)5-4-1;6-2-1-3-5-4-2;6-1-2-4-5-3-1/h6-7,9-10,12-13H,2-5,8,11,14-18H2,1H3,(H2,21,22,23,24);6-7,9-10,12-13,19H,2-5,8,11,14-18H2,1H3,(H,21,22,23);6-7,9-10,12-13H,2-5,8,11,14-18H2,1H3,(H,20,21,22,23);(H3,3,4,5,6,7);1H,(H2,3,4,5,6);(H2,2,3,4,5,6)/b3*7-6-,10-9-,13-12-;;;.